The number of rotatable bonds is 4. The number of carboxylic acids is 1. The molecule has 2 N–H and O–H groups in total. The second-order valence-electron chi connectivity index (χ2n) is 6.58. The number of nitro groups is 1. The standard InChI is InChI=1S/C18H18N2O5/c1-9(2)14-12-6-7-13(14)16(18(22)23)15(12)17(21)19-10-4-3-5-11(8-10)20(24)25/h3-8,12-13,15-16H,1-2H3,(H,19,21)(H,22,23). The van der Waals surface area contributed by atoms with Crippen LogP contribution < -0.4 is 5.32 Å². The van der Waals surface area contributed by atoms with Gasteiger partial charge >= 0.3 is 5.97 Å². The molecule has 7 heteroatoms. The van der Waals surface area contributed by atoms with Crippen molar-refractivity contribution in [3.8, 4) is 0 Å². The SMILES string of the molecule is CC(C)=C1C2C=CC1C(C(=O)Nc1cccc([N+](=O)[O-])c1)C2C(=O)O. The number of carboxylic acid groups (broad SMARTS) is 1. The van der Waals surface area contributed by atoms with Crippen molar-refractivity contribution in [1.82, 2.24) is 0 Å². The van der Waals surface area contributed by atoms with E-state index in [0.29, 0.717) is 0 Å². The van der Waals surface area contributed by atoms with Crippen LogP contribution in [0.25, 0.3) is 0 Å². The number of fused-ring (bicyclic) bond motifs is 2. The van der Waals surface area contributed by atoms with E-state index >= 15 is 0 Å². The predicted octanol–water partition coefficient (Wildman–Crippen LogP) is 3.00. The number of hydrogen-bond donors (Lipinski definition) is 2. The number of nitro benzene ring substituents is 1. The normalized spacial score (nSPS) is 26.6. The molecule has 0 radical (unpaired) electrons. The molecule has 25 heavy (non-hydrogen) atoms. The van der Waals surface area contributed by atoms with Crippen molar-refractivity contribution in [3.05, 3.63) is 57.7 Å². The van der Waals surface area contributed by atoms with Gasteiger partial charge in [0.15, 0.2) is 0 Å². The minimum absolute atomic E-state index is 0.134. The molecular weight excluding hydrogens is 324 g/mol. The average molecular weight is 342 g/mol. The number of allylic oxidation sites excluding steroid dienone is 4. The van der Waals surface area contributed by atoms with Gasteiger partial charge < -0.3 is 10.4 Å². The quantitative estimate of drug-likeness (QED) is 0.496. The number of non-ortho nitro benzene ring substituents is 1. The van der Waals surface area contributed by atoms with E-state index in [1.54, 1.807) is 6.07 Å². The molecule has 0 aliphatic heterocycles. The van der Waals surface area contributed by atoms with Crippen LogP contribution in [0, 0.1) is 33.8 Å². The van der Waals surface area contributed by atoms with Gasteiger partial charge in [0.25, 0.3) is 5.69 Å². The number of anilines is 1. The van der Waals surface area contributed by atoms with E-state index < -0.39 is 28.6 Å². The van der Waals surface area contributed by atoms with E-state index in [-0.39, 0.29) is 23.2 Å². The molecule has 4 unspecified atom stereocenters. The molecule has 7 nitrogen and oxygen atoms in total. The van der Waals surface area contributed by atoms with Gasteiger partial charge in [0.2, 0.25) is 5.91 Å². The largest absolute Gasteiger partial charge is 0.481 e. The molecule has 130 valence electrons. The maximum absolute atomic E-state index is 12.8. The fourth-order valence-electron chi connectivity index (χ4n) is 3.96. The first-order chi connectivity index (χ1) is 11.8. The van der Waals surface area contributed by atoms with Crippen LogP contribution in [0.5, 0.6) is 0 Å². The summed E-state index contributed by atoms with van der Waals surface area (Å²) < 4.78 is 0. The van der Waals surface area contributed by atoms with Crippen LogP contribution in [0.4, 0.5) is 11.4 Å². The zero-order chi connectivity index (χ0) is 18.3. The van der Waals surface area contributed by atoms with Crippen LogP contribution in [0.1, 0.15) is 13.8 Å². The molecule has 1 aromatic carbocycles. The Labute approximate surface area is 144 Å². The molecule has 1 saturated carbocycles. The number of benzene rings is 1. The number of carbonyl (C=O) groups excluding carboxylic acids is 1. The molecule has 0 aromatic heterocycles. The maximum atomic E-state index is 12.8. The monoisotopic (exact) mass is 342 g/mol. The van der Waals surface area contributed by atoms with Gasteiger partial charge in [-0.3, -0.25) is 19.7 Å². The third kappa shape index (κ3) is 2.82. The van der Waals surface area contributed by atoms with Crippen molar-refractivity contribution in [1.29, 1.82) is 0 Å². The van der Waals surface area contributed by atoms with Crippen molar-refractivity contribution in [2.24, 2.45) is 23.7 Å². The molecular formula is C18H18N2O5. The Bertz CT molecular complexity index is 823. The fraction of sp³-hybridized carbons (Fsp3) is 0.333. The molecule has 1 fully saturated rings. The van der Waals surface area contributed by atoms with E-state index in [9.17, 15) is 24.8 Å². The minimum atomic E-state index is -1.00. The number of carbonyl (C=O) groups is 2. The van der Waals surface area contributed by atoms with Crippen molar-refractivity contribution < 1.29 is 19.6 Å². The molecule has 2 bridgehead atoms. The molecule has 2 aliphatic rings. The average Bonchev–Trinajstić information content (AvgIpc) is 3.11. The number of amides is 1. The first-order valence-corrected chi connectivity index (χ1v) is 7.95. The van der Waals surface area contributed by atoms with Crippen LogP contribution in [0.15, 0.2) is 47.6 Å². The van der Waals surface area contributed by atoms with E-state index in [1.807, 2.05) is 26.0 Å². The molecule has 0 heterocycles. The lowest BCUT2D eigenvalue weighted by Crippen LogP contribution is -2.36. The van der Waals surface area contributed by atoms with Gasteiger partial charge in [0, 0.05) is 29.7 Å². The fourth-order valence-corrected chi connectivity index (χ4v) is 3.96. The summed E-state index contributed by atoms with van der Waals surface area (Å²) in [6.07, 6.45) is 3.76. The highest BCUT2D eigenvalue weighted by Crippen LogP contribution is 2.53. The maximum Gasteiger partial charge on any atom is 0.308 e. The third-order valence-electron chi connectivity index (χ3n) is 4.89. The number of hydrogen-bond acceptors (Lipinski definition) is 4. The lowest BCUT2D eigenvalue weighted by atomic mass is 9.82. The van der Waals surface area contributed by atoms with Crippen LogP contribution in [0.2, 0.25) is 0 Å². The van der Waals surface area contributed by atoms with Crippen LogP contribution in [-0.2, 0) is 9.59 Å². The van der Waals surface area contributed by atoms with Crippen LogP contribution in [0.3, 0.4) is 0 Å². The Morgan fingerprint density at radius 3 is 2.36 bits per heavy atom. The molecule has 0 saturated heterocycles. The summed E-state index contributed by atoms with van der Waals surface area (Å²) in [4.78, 5) is 34.8. The number of nitrogens with zero attached hydrogens (tertiary/aromatic N) is 1. The summed E-state index contributed by atoms with van der Waals surface area (Å²) in [7, 11) is 0. The second kappa shape index (κ2) is 6.16. The van der Waals surface area contributed by atoms with E-state index in [1.165, 1.54) is 18.2 Å². The predicted molar refractivity (Wildman–Crippen MR) is 90.8 cm³/mol. The molecule has 0 spiro atoms. The summed E-state index contributed by atoms with van der Waals surface area (Å²) in [5.41, 5.74) is 2.17. The number of nitrogens with one attached hydrogen (secondary N) is 1. The molecule has 4 atom stereocenters. The molecule has 3 rings (SSSR count). The summed E-state index contributed by atoms with van der Waals surface area (Å²) in [5, 5.41) is 23.1. The molecule has 1 aromatic rings. The molecule has 2 aliphatic carbocycles. The highest BCUT2D eigenvalue weighted by molar-refractivity contribution is 5.97. The Kier molecular flexibility index (Phi) is 4.16. The Morgan fingerprint density at radius 1 is 1.16 bits per heavy atom. The van der Waals surface area contributed by atoms with Gasteiger partial charge in [-0.25, -0.2) is 0 Å². The van der Waals surface area contributed by atoms with E-state index in [4.69, 9.17) is 0 Å². The smallest absolute Gasteiger partial charge is 0.308 e. The summed E-state index contributed by atoms with van der Waals surface area (Å²) in [5.74, 6) is -3.49. The summed E-state index contributed by atoms with van der Waals surface area (Å²) in [6.45, 7) is 3.84. The third-order valence-corrected chi connectivity index (χ3v) is 4.89. The second-order valence-corrected chi connectivity index (χ2v) is 6.58. The van der Waals surface area contributed by atoms with Crippen molar-refractivity contribution in [3.63, 3.8) is 0 Å². The van der Waals surface area contributed by atoms with Gasteiger partial charge in [-0.2, -0.15) is 0 Å². The zero-order valence-electron chi connectivity index (χ0n) is 13.8. The summed E-state index contributed by atoms with van der Waals surface area (Å²) >= 11 is 0. The highest BCUT2D eigenvalue weighted by Gasteiger charge is 2.54. The minimum Gasteiger partial charge on any atom is -0.481 e. The zero-order valence-corrected chi connectivity index (χ0v) is 13.8. The van der Waals surface area contributed by atoms with Gasteiger partial charge in [-0.1, -0.05) is 29.4 Å². The lowest BCUT2D eigenvalue weighted by molar-refractivity contribution is -0.384. The Balaban J connectivity index is 1.90. The van der Waals surface area contributed by atoms with Gasteiger partial charge in [0.1, 0.15) is 0 Å². The topological polar surface area (TPSA) is 110 Å². The first kappa shape index (κ1) is 16.9. The molecule has 1 amide bonds. The first-order valence-electron chi connectivity index (χ1n) is 7.95. The van der Waals surface area contributed by atoms with Gasteiger partial charge in [0.05, 0.1) is 16.8 Å². The van der Waals surface area contributed by atoms with Crippen molar-refractivity contribution >= 4 is 23.3 Å². The van der Waals surface area contributed by atoms with E-state index in [2.05, 4.69) is 5.32 Å². The Morgan fingerprint density at radius 2 is 1.80 bits per heavy atom. The van der Waals surface area contributed by atoms with Crippen molar-refractivity contribution in [2.75, 3.05) is 5.32 Å². The summed E-state index contributed by atoms with van der Waals surface area (Å²) in [6, 6.07) is 5.62. The van der Waals surface area contributed by atoms with Gasteiger partial charge in [-0.05, 0) is 19.9 Å². The van der Waals surface area contributed by atoms with Crippen molar-refractivity contribution in [2.45, 2.75) is 13.8 Å². The lowest BCUT2D eigenvalue weighted by Gasteiger charge is -2.23. The number of aliphatic carboxylic acids is 1. The van der Waals surface area contributed by atoms with Gasteiger partial charge in [-0.15, -0.1) is 0 Å². The van der Waals surface area contributed by atoms with Crippen LogP contribution in [-0.4, -0.2) is 21.9 Å². The highest BCUT2D eigenvalue weighted by atomic mass is 16.6. The van der Waals surface area contributed by atoms with E-state index in [0.717, 1.165) is 11.1 Å². The Hall–Kier alpha value is -2.96. The van der Waals surface area contributed by atoms with Crippen LogP contribution >= 0.6 is 0 Å².